The molecule has 0 bridgehead atoms. The minimum absolute atomic E-state index is 0.367. The van der Waals surface area contributed by atoms with E-state index in [1.165, 1.54) is 16.7 Å². The van der Waals surface area contributed by atoms with E-state index in [2.05, 4.69) is 52.1 Å². The van der Waals surface area contributed by atoms with E-state index in [0.717, 1.165) is 18.0 Å². The molecule has 0 fully saturated rings. The highest BCUT2D eigenvalue weighted by atomic mass is 35.5. The lowest BCUT2D eigenvalue weighted by Gasteiger charge is -2.22. The van der Waals surface area contributed by atoms with Gasteiger partial charge in [0.2, 0.25) is 0 Å². The monoisotopic (exact) mass is 253 g/mol. The number of nitrogens with one attached hydrogen (secondary N) is 1. The van der Waals surface area contributed by atoms with Crippen molar-refractivity contribution in [2.24, 2.45) is 5.92 Å². The van der Waals surface area contributed by atoms with Gasteiger partial charge in [-0.25, -0.2) is 0 Å². The molecule has 1 nitrogen and oxygen atoms in total. The predicted octanol–water partition coefficient (Wildman–Crippen LogP) is 4.65. The number of rotatable bonds is 5. The number of hydrogen-bond donors (Lipinski definition) is 1. The van der Waals surface area contributed by atoms with Gasteiger partial charge in [-0.2, -0.15) is 0 Å². The highest BCUT2D eigenvalue weighted by molar-refractivity contribution is 6.31. The highest BCUT2D eigenvalue weighted by Gasteiger charge is 2.16. The second kappa shape index (κ2) is 6.42. The van der Waals surface area contributed by atoms with Crippen molar-refractivity contribution < 1.29 is 0 Å². The molecular weight excluding hydrogens is 230 g/mol. The van der Waals surface area contributed by atoms with Crippen molar-refractivity contribution in [3.8, 4) is 0 Å². The fourth-order valence-corrected chi connectivity index (χ4v) is 2.46. The van der Waals surface area contributed by atoms with E-state index in [9.17, 15) is 0 Å². The number of benzene rings is 1. The lowest BCUT2D eigenvalue weighted by atomic mass is 9.94. The maximum Gasteiger partial charge on any atom is 0.0456 e. The molecule has 0 aliphatic heterocycles. The predicted molar refractivity (Wildman–Crippen MR) is 76.8 cm³/mol. The lowest BCUT2D eigenvalue weighted by molar-refractivity contribution is 0.438. The van der Waals surface area contributed by atoms with Gasteiger partial charge in [-0.1, -0.05) is 38.4 Å². The molecule has 0 aliphatic rings. The van der Waals surface area contributed by atoms with Gasteiger partial charge in [0.05, 0.1) is 0 Å². The summed E-state index contributed by atoms with van der Waals surface area (Å²) in [5.41, 5.74) is 3.82. The van der Waals surface area contributed by atoms with Crippen LogP contribution in [0.4, 0.5) is 0 Å². The van der Waals surface area contributed by atoms with E-state index in [1.54, 1.807) is 0 Å². The van der Waals surface area contributed by atoms with Gasteiger partial charge in [-0.05, 0) is 55.5 Å². The molecule has 0 radical (unpaired) electrons. The first-order valence-corrected chi connectivity index (χ1v) is 6.83. The molecule has 1 unspecified atom stereocenters. The molecule has 1 atom stereocenters. The highest BCUT2D eigenvalue weighted by Crippen LogP contribution is 2.30. The molecule has 0 spiro atoms. The van der Waals surface area contributed by atoms with Crippen molar-refractivity contribution in [3.63, 3.8) is 0 Å². The Hall–Kier alpha value is -0.530. The Labute approximate surface area is 111 Å². The van der Waals surface area contributed by atoms with Crippen molar-refractivity contribution in [2.45, 2.75) is 47.1 Å². The Morgan fingerprint density at radius 1 is 1.18 bits per heavy atom. The molecule has 17 heavy (non-hydrogen) atoms. The summed E-state index contributed by atoms with van der Waals surface area (Å²) in [5.74, 6) is 0.664. The second-order valence-electron chi connectivity index (χ2n) is 5.20. The largest absolute Gasteiger partial charge is 0.310 e. The molecule has 0 aromatic heterocycles. The van der Waals surface area contributed by atoms with Crippen molar-refractivity contribution in [2.75, 3.05) is 6.54 Å². The summed E-state index contributed by atoms with van der Waals surface area (Å²) in [6.45, 7) is 11.9. The summed E-state index contributed by atoms with van der Waals surface area (Å²) in [4.78, 5) is 0. The van der Waals surface area contributed by atoms with Crippen molar-refractivity contribution >= 4 is 11.6 Å². The number of aryl methyl sites for hydroxylation is 2. The third-order valence-electron chi connectivity index (χ3n) is 3.15. The lowest BCUT2D eigenvalue weighted by Crippen LogP contribution is -2.23. The standard InChI is InChI=1S/C15H24ClN/c1-6-17-15(7-10(2)3)13-8-11(4)12(5)9-14(13)16/h8-10,15,17H,6-7H2,1-5H3. The smallest absolute Gasteiger partial charge is 0.0456 e. The Morgan fingerprint density at radius 3 is 2.29 bits per heavy atom. The SMILES string of the molecule is CCNC(CC(C)C)c1cc(C)c(C)cc1Cl. The van der Waals surface area contributed by atoms with Crippen LogP contribution in [0.25, 0.3) is 0 Å². The van der Waals surface area contributed by atoms with Crippen LogP contribution in [-0.4, -0.2) is 6.54 Å². The summed E-state index contributed by atoms with van der Waals surface area (Å²) in [5, 5.41) is 4.42. The van der Waals surface area contributed by atoms with E-state index in [-0.39, 0.29) is 0 Å². The second-order valence-corrected chi connectivity index (χ2v) is 5.60. The molecule has 0 aliphatic carbocycles. The molecular formula is C15H24ClN. The fourth-order valence-electron chi connectivity index (χ4n) is 2.11. The van der Waals surface area contributed by atoms with E-state index in [1.807, 2.05) is 0 Å². The molecule has 2 heteroatoms. The quantitative estimate of drug-likeness (QED) is 0.805. The molecule has 1 aromatic rings. The average Bonchev–Trinajstić information content (AvgIpc) is 2.22. The minimum Gasteiger partial charge on any atom is -0.310 e. The third-order valence-corrected chi connectivity index (χ3v) is 3.47. The first kappa shape index (κ1) is 14.5. The maximum atomic E-state index is 6.38. The van der Waals surface area contributed by atoms with Gasteiger partial charge in [0.1, 0.15) is 0 Å². The van der Waals surface area contributed by atoms with Gasteiger partial charge >= 0.3 is 0 Å². The Kier molecular flexibility index (Phi) is 5.48. The molecule has 0 amide bonds. The normalized spacial score (nSPS) is 13.1. The van der Waals surface area contributed by atoms with Gasteiger partial charge in [-0.3, -0.25) is 0 Å². The molecule has 96 valence electrons. The zero-order chi connectivity index (χ0) is 13.0. The van der Waals surface area contributed by atoms with Crippen molar-refractivity contribution in [3.05, 3.63) is 33.8 Å². The van der Waals surface area contributed by atoms with Gasteiger partial charge < -0.3 is 5.32 Å². The van der Waals surface area contributed by atoms with Gasteiger partial charge in [-0.15, -0.1) is 0 Å². The van der Waals surface area contributed by atoms with Crippen molar-refractivity contribution in [1.82, 2.24) is 5.32 Å². The third kappa shape index (κ3) is 4.01. The maximum absolute atomic E-state index is 6.38. The van der Waals surface area contributed by atoms with Crippen LogP contribution in [0.1, 0.15) is 49.9 Å². The zero-order valence-corrected chi connectivity index (χ0v) is 12.4. The molecule has 0 saturated heterocycles. The first-order chi connectivity index (χ1) is 7.95. The van der Waals surface area contributed by atoms with Crippen LogP contribution >= 0.6 is 11.6 Å². The van der Waals surface area contributed by atoms with Crippen LogP contribution in [0.15, 0.2) is 12.1 Å². The molecule has 0 saturated carbocycles. The first-order valence-electron chi connectivity index (χ1n) is 6.45. The topological polar surface area (TPSA) is 12.0 Å². The molecule has 0 heterocycles. The van der Waals surface area contributed by atoms with E-state index >= 15 is 0 Å². The summed E-state index contributed by atoms with van der Waals surface area (Å²) >= 11 is 6.38. The Bertz CT molecular complexity index is 371. The summed E-state index contributed by atoms with van der Waals surface area (Å²) in [6, 6.07) is 4.68. The zero-order valence-electron chi connectivity index (χ0n) is 11.6. The van der Waals surface area contributed by atoms with Crippen LogP contribution < -0.4 is 5.32 Å². The van der Waals surface area contributed by atoms with Gasteiger partial charge in [0.25, 0.3) is 0 Å². The van der Waals surface area contributed by atoms with Crippen LogP contribution in [0, 0.1) is 19.8 Å². The van der Waals surface area contributed by atoms with Crippen LogP contribution in [0.2, 0.25) is 5.02 Å². The van der Waals surface area contributed by atoms with Crippen molar-refractivity contribution in [1.29, 1.82) is 0 Å². The van der Waals surface area contributed by atoms with E-state index < -0.39 is 0 Å². The summed E-state index contributed by atoms with van der Waals surface area (Å²) in [7, 11) is 0. The van der Waals surface area contributed by atoms with Gasteiger partial charge in [0.15, 0.2) is 0 Å². The number of halogens is 1. The average molecular weight is 254 g/mol. The molecule has 1 N–H and O–H groups in total. The van der Waals surface area contributed by atoms with Crippen LogP contribution in [-0.2, 0) is 0 Å². The van der Waals surface area contributed by atoms with E-state index in [0.29, 0.717) is 12.0 Å². The summed E-state index contributed by atoms with van der Waals surface area (Å²) < 4.78 is 0. The molecule has 1 rings (SSSR count). The minimum atomic E-state index is 0.367. The fraction of sp³-hybridized carbons (Fsp3) is 0.600. The van der Waals surface area contributed by atoms with Crippen LogP contribution in [0.3, 0.4) is 0 Å². The number of hydrogen-bond acceptors (Lipinski definition) is 1. The Balaban J connectivity index is 3.04. The van der Waals surface area contributed by atoms with E-state index in [4.69, 9.17) is 11.6 Å². The van der Waals surface area contributed by atoms with Crippen LogP contribution in [0.5, 0.6) is 0 Å². The Morgan fingerprint density at radius 2 is 1.76 bits per heavy atom. The molecule has 1 aromatic carbocycles. The van der Waals surface area contributed by atoms with Gasteiger partial charge in [0, 0.05) is 11.1 Å². The summed E-state index contributed by atoms with van der Waals surface area (Å²) in [6.07, 6.45) is 1.12.